The van der Waals surface area contributed by atoms with Gasteiger partial charge in [0.1, 0.15) is 0 Å². The Hall–Kier alpha value is -10.4. The van der Waals surface area contributed by atoms with E-state index in [1.54, 1.807) is 0 Å². The summed E-state index contributed by atoms with van der Waals surface area (Å²) in [7, 11) is 0. The average Bonchev–Trinajstić information content (AvgIpc) is 3.51. The molecule has 0 atom stereocenters. The molecule has 0 radical (unpaired) electrons. The molecule has 354 valence electrons. The van der Waals surface area contributed by atoms with Crippen LogP contribution in [-0.4, -0.2) is 29.9 Å². The molecule has 0 aliphatic rings. The van der Waals surface area contributed by atoms with Crippen molar-refractivity contribution in [2.24, 2.45) is 0 Å². The van der Waals surface area contributed by atoms with Crippen LogP contribution in [0.3, 0.4) is 0 Å². The molecule has 14 rings (SSSR count). The maximum absolute atomic E-state index is 5.45. The third kappa shape index (κ3) is 7.91. The minimum Gasteiger partial charge on any atom is -0.208 e. The van der Waals surface area contributed by atoms with E-state index in [9.17, 15) is 0 Å². The lowest BCUT2D eigenvalue weighted by atomic mass is 9.82. The van der Waals surface area contributed by atoms with Crippen LogP contribution in [0.1, 0.15) is 0 Å². The molecule has 11 aromatic carbocycles. The summed E-state index contributed by atoms with van der Waals surface area (Å²) < 4.78 is 1.95. The zero-order valence-electron chi connectivity index (χ0n) is 41.0. The lowest BCUT2D eigenvalue weighted by Crippen LogP contribution is -2.32. The van der Waals surface area contributed by atoms with Gasteiger partial charge in [-0.15, -0.1) is 0 Å². The van der Waals surface area contributed by atoms with Crippen LogP contribution in [0.4, 0.5) is 0 Å². The topological polar surface area (TPSA) is 81.2 Å². The first-order valence-electron chi connectivity index (χ1n) is 25.4. The van der Waals surface area contributed by atoms with E-state index in [1.165, 1.54) is 0 Å². The van der Waals surface area contributed by atoms with Crippen LogP contribution < -0.4 is 4.57 Å². The second kappa shape index (κ2) is 18.9. The van der Waals surface area contributed by atoms with Gasteiger partial charge in [-0.3, -0.25) is 0 Å². The van der Waals surface area contributed by atoms with Gasteiger partial charge >= 0.3 is 5.95 Å². The van der Waals surface area contributed by atoms with E-state index in [2.05, 4.69) is 170 Å². The van der Waals surface area contributed by atoms with Crippen molar-refractivity contribution in [1.29, 1.82) is 0 Å². The van der Waals surface area contributed by atoms with Gasteiger partial charge in [0.2, 0.25) is 11.6 Å². The van der Waals surface area contributed by atoms with Crippen LogP contribution in [0, 0.1) is 0 Å². The molecule has 3 aromatic heterocycles. The minimum atomic E-state index is 0.501. The van der Waals surface area contributed by atoms with Crippen molar-refractivity contribution < 1.29 is 4.57 Å². The van der Waals surface area contributed by atoms with Crippen LogP contribution in [0.15, 0.2) is 267 Å². The second-order valence-electron chi connectivity index (χ2n) is 18.8. The lowest BCUT2D eigenvalue weighted by molar-refractivity contribution is -0.603. The molecule has 0 aliphatic carbocycles. The van der Waals surface area contributed by atoms with Crippen molar-refractivity contribution in [2.75, 3.05) is 0 Å². The Kier molecular flexibility index (Phi) is 11.0. The molecule has 0 N–H and O–H groups in total. The third-order valence-corrected chi connectivity index (χ3v) is 14.2. The van der Waals surface area contributed by atoms with Gasteiger partial charge in [0.25, 0.3) is 0 Å². The number of aromatic nitrogens is 7. The molecule has 7 heteroatoms. The van der Waals surface area contributed by atoms with Gasteiger partial charge in [-0.25, -0.2) is 19.5 Å². The quantitative estimate of drug-likeness (QED) is 0.0814. The molecule has 0 saturated heterocycles. The molecule has 0 unspecified atom stereocenters. The Morgan fingerprint density at radius 1 is 0.197 bits per heavy atom. The van der Waals surface area contributed by atoms with Gasteiger partial charge in [-0.2, -0.15) is 4.98 Å². The molecular weight excluding hydrogens is 927 g/mol. The van der Waals surface area contributed by atoms with Crippen molar-refractivity contribution in [3.8, 4) is 96.3 Å². The zero-order valence-corrected chi connectivity index (χ0v) is 41.0. The first kappa shape index (κ1) is 44.3. The van der Waals surface area contributed by atoms with Crippen molar-refractivity contribution in [2.45, 2.75) is 0 Å². The maximum atomic E-state index is 5.45. The highest BCUT2D eigenvalue weighted by Crippen LogP contribution is 2.50. The van der Waals surface area contributed by atoms with Gasteiger partial charge in [-0.05, 0) is 129 Å². The van der Waals surface area contributed by atoms with E-state index in [1.807, 2.05) is 102 Å². The summed E-state index contributed by atoms with van der Waals surface area (Å²) in [5.74, 6) is 3.33. The van der Waals surface area contributed by atoms with Crippen molar-refractivity contribution >= 4 is 43.1 Å². The van der Waals surface area contributed by atoms with Gasteiger partial charge in [0, 0.05) is 22.3 Å². The molecule has 0 aliphatic heterocycles. The van der Waals surface area contributed by atoms with E-state index in [0.29, 0.717) is 35.1 Å². The molecule has 7 nitrogen and oxygen atoms in total. The number of hydrogen-bond acceptors (Lipinski definition) is 6. The van der Waals surface area contributed by atoms with Crippen LogP contribution in [0.5, 0.6) is 0 Å². The maximum Gasteiger partial charge on any atom is 0.441 e. The first-order chi connectivity index (χ1) is 37.7. The Bertz CT molecular complexity index is 4360. The Labute approximate surface area is 438 Å². The normalized spacial score (nSPS) is 11.4. The van der Waals surface area contributed by atoms with Gasteiger partial charge in [0.05, 0.1) is 18.0 Å². The van der Waals surface area contributed by atoms with Gasteiger partial charge in [0.15, 0.2) is 17.5 Å². The molecule has 0 spiro atoms. The summed E-state index contributed by atoms with van der Waals surface area (Å²) in [6.07, 6.45) is 3.95. The first-order valence-corrected chi connectivity index (χ1v) is 25.4. The molecule has 0 amide bonds. The number of hydrogen-bond donors (Lipinski definition) is 0. The monoisotopic (exact) mass is 970 g/mol. The summed E-state index contributed by atoms with van der Waals surface area (Å²) in [5.41, 5.74) is 11.2. The predicted octanol–water partition coefficient (Wildman–Crippen LogP) is 16.3. The number of fused-ring (bicyclic) bond motifs is 5. The average molecular weight is 971 g/mol. The Balaban J connectivity index is 1.17. The fourth-order valence-electron chi connectivity index (χ4n) is 10.8. The number of rotatable bonds is 9. The van der Waals surface area contributed by atoms with E-state index < -0.39 is 0 Å². The molecule has 0 bridgehead atoms. The zero-order chi connectivity index (χ0) is 50.4. The third-order valence-electron chi connectivity index (χ3n) is 14.2. The number of nitrogens with zero attached hydrogens (tertiary/aromatic N) is 7. The van der Waals surface area contributed by atoms with Crippen LogP contribution in [0.2, 0.25) is 0 Å². The Morgan fingerprint density at radius 3 is 1.08 bits per heavy atom. The molecule has 3 heterocycles. The summed E-state index contributed by atoms with van der Waals surface area (Å²) in [4.78, 5) is 32.0. The predicted molar refractivity (Wildman–Crippen MR) is 308 cm³/mol. The lowest BCUT2D eigenvalue weighted by Gasteiger charge is -2.22. The number of benzene rings is 11. The standard InChI is InChI=1S/C69H44N7/c1-7-24-45(25-8-1)50-34-23-35-51(42-50)61-53-37-18-17-36-52(53)56-43-58-59(44-57(56)60(61)46-26-9-2-10-27-46)63(68-73-66(49-32-15-5-16-33-49)74-69(75-68)76-40-21-6-22-41-76)55-39-20-19-38-54(55)62(58)67-71-64(47-28-11-3-12-29-47)70-65(72-67)48-30-13-4-14-31-48/h1-44H/q+1. The minimum absolute atomic E-state index is 0.501. The highest BCUT2D eigenvalue weighted by atomic mass is 15.2. The SMILES string of the molecule is c1ccc(-c2cccc(-c3c(-c4ccccc4)c4cc5c(-c6nc(-c7ccccc7)nc(-[n+]7ccccc7)n6)c6ccccc6c(-c6nc(-c7ccccc7)nc(-c7ccccc7)n6)c5cc4c4ccccc34)c2)cc1. The van der Waals surface area contributed by atoms with Gasteiger partial charge < -0.3 is 0 Å². The van der Waals surface area contributed by atoms with Crippen molar-refractivity contribution in [1.82, 2.24) is 29.9 Å². The van der Waals surface area contributed by atoms with E-state index in [-0.39, 0.29) is 0 Å². The van der Waals surface area contributed by atoms with Crippen molar-refractivity contribution in [3.63, 3.8) is 0 Å². The van der Waals surface area contributed by atoms with E-state index in [0.717, 1.165) is 104 Å². The molecule has 14 aromatic rings. The van der Waals surface area contributed by atoms with E-state index >= 15 is 0 Å². The summed E-state index contributed by atoms with van der Waals surface area (Å²) >= 11 is 0. The van der Waals surface area contributed by atoms with Crippen LogP contribution >= 0.6 is 0 Å². The molecule has 0 saturated carbocycles. The summed E-state index contributed by atoms with van der Waals surface area (Å²) in [5, 5.41) is 8.23. The van der Waals surface area contributed by atoms with Crippen molar-refractivity contribution in [3.05, 3.63) is 267 Å². The Morgan fingerprint density at radius 2 is 0.539 bits per heavy atom. The number of pyridine rings is 1. The fourth-order valence-corrected chi connectivity index (χ4v) is 10.8. The smallest absolute Gasteiger partial charge is 0.208 e. The second-order valence-corrected chi connectivity index (χ2v) is 18.8. The van der Waals surface area contributed by atoms with Crippen LogP contribution in [-0.2, 0) is 0 Å². The highest BCUT2D eigenvalue weighted by Gasteiger charge is 2.28. The fraction of sp³-hybridized carbons (Fsp3) is 0. The molecular formula is C69H44N7+. The van der Waals surface area contributed by atoms with Gasteiger partial charge in [-0.1, -0.05) is 212 Å². The summed E-state index contributed by atoms with van der Waals surface area (Å²) in [6.45, 7) is 0. The summed E-state index contributed by atoms with van der Waals surface area (Å²) in [6, 6.07) is 89.0. The molecule has 76 heavy (non-hydrogen) atoms. The highest BCUT2D eigenvalue weighted by molar-refractivity contribution is 6.29. The van der Waals surface area contributed by atoms with Crippen LogP contribution in [0.25, 0.3) is 139 Å². The van der Waals surface area contributed by atoms with E-state index in [4.69, 9.17) is 29.9 Å². The molecule has 0 fully saturated rings. The largest absolute Gasteiger partial charge is 0.441 e.